The van der Waals surface area contributed by atoms with Crippen molar-refractivity contribution in [2.24, 2.45) is 0 Å². The number of nitrogens with one attached hydrogen (secondary N) is 2. The number of methoxy groups -OCH3 is 1. The van der Waals surface area contributed by atoms with E-state index in [1.54, 1.807) is 25.4 Å². The van der Waals surface area contributed by atoms with Gasteiger partial charge >= 0.3 is 0 Å². The fraction of sp³-hybridized carbons (Fsp3) is 0.294. The highest BCUT2D eigenvalue weighted by molar-refractivity contribution is 9.10. The summed E-state index contributed by atoms with van der Waals surface area (Å²) in [7, 11) is 1.67. The Hall–Kier alpha value is -1.92. The van der Waals surface area contributed by atoms with Crippen LogP contribution in [0, 0.1) is 6.92 Å². The van der Waals surface area contributed by atoms with Gasteiger partial charge in [0.15, 0.2) is 0 Å². The number of anilines is 2. The van der Waals surface area contributed by atoms with Crippen molar-refractivity contribution < 1.29 is 9.53 Å². The molecule has 2 aromatic rings. The summed E-state index contributed by atoms with van der Waals surface area (Å²) < 4.78 is 5.99. The van der Waals surface area contributed by atoms with E-state index in [-0.39, 0.29) is 5.91 Å². The SMILES string of the molecule is COCCCNc1cc(C(=O)Nc2ccc(Br)cc2C)ccn1. The van der Waals surface area contributed by atoms with E-state index < -0.39 is 0 Å². The maximum Gasteiger partial charge on any atom is 0.255 e. The molecule has 5 nitrogen and oxygen atoms in total. The molecular formula is C17H20BrN3O2. The van der Waals surface area contributed by atoms with Crippen molar-refractivity contribution in [1.82, 2.24) is 4.98 Å². The number of amides is 1. The maximum absolute atomic E-state index is 12.4. The Morgan fingerprint density at radius 2 is 2.13 bits per heavy atom. The number of hydrogen-bond donors (Lipinski definition) is 2. The number of carbonyl (C=O) groups excluding carboxylic acids is 1. The van der Waals surface area contributed by atoms with Crippen LogP contribution in [0.2, 0.25) is 0 Å². The summed E-state index contributed by atoms with van der Waals surface area (Å²) in [5.41, 5.74) is 2.36. The Morgan fingerprint density at radius 3 is 2.87 bits per heavy atom. The molecule has 2 rings (SSSR count). The standard InChI is InChI=1S/C17H20BrN3O2/c1-12-10-14(18)4-5-15(12)21-17(22)13-6-8-20-16(11-13)19-7-3-9-23-2/h4-6,8,10-11H,3,7,9H2,1-2H3,(H,19,20)(H,21,22). The lowest BCUT2D eigenvalue weighted by atomic mass is 10.2. The Balaban J connectivity index is 2.01. The molecule has 1 amide bonds. The van der Waals surface area contributed by atoms with E-state index in [0.717, 1.165) is 28.7 Å². The van der Waals surface area contributed by atoms with E-state index in [9.17, 15) is 4.79 Å². The predicted octanol–water partition coefficient (Wildman–Crippen LogP) is 3.85. The normalized spacial score (nSPS) is 10.4. The minimum absolute atomic E-state index is 0.155. The van der Waals surface area contributed by atoms with Crippen molar-refractivity contribution in [3.8, 4) is 0 Å². The van der Waals surface area contributed by atoms with E-state index in [4.69, 9.17) is 4.74 Å². The quantitative estimate of drug-likeness (QED) is 0.719. The second kappa shape index (κ2) is 8.64. The van der Waals surface area contributed by atoms with Crippen molar-refractivity contribution in [3.05, 3.63) is 52.1 Å². The van der Waals surface area contributed by atoms with Gasteiger partial charge in [-0.3, -0.25) is 4.79 Å². The highest BCUT2D eigenvalue weighted by atomic mass is 79.9. The van der Waals surface area contributed by atoms with E-state index >= 15 is 0 Å². The zero-order valence-corrected chi connectivity index (χ0v) is 14.8. The monoisotopic (exact) mass is 377 g/mol. The van der Waals surface area contributed by atoms with Crippen LogP contribution in [0.5, 0.6) is 0 Å². The van der Waals surface area contributed by atoms with Gasteiger partial charge in [-0.1, -0.05) is 15.9 Å². The summed E-state index contributed by atoms with van der Waals surface area (Å²) in [6.45, 7) is 3.39. The minimum Gasteiger partial charge on any atom is -0.385 e. The number of aryl methyl sites for hydroxylation is 1. The number of carbonyl (C=O) groups is 1. The first-order valence-electron chi connectivity index (χ1n) is 7.36. The van der Waals surface area contributed by atoms with E-state index in [2.05, 4.69) is 31.5 Å². The van der Waals surface area contributed by atoms with Crippen LogP contribution in [0.4, 0.5) is 11.5 Å². The Labute approximate surface area is 144 Å². The first-order valence-corrected chi connectivity index (χ1v) is 8.16. The number of rotatable bonds is 7. The van der Waals surface area contributed by atoms with Crippen molar-refractivity contribution in [1.29, 1.82) is 0 Å². The lowest BCUT2D eigenvalue weighted by Gasteiger charge is -2.10. The number of pyridine rings is 1. The Morgan fingerprint density at radius 1 is 1.30 bits per heavy atom. The van der Waals surface area contributed by atoms with Gasteiger partial charge in [0.25, 0.3) is 5.91 Å². The van der Waals surface area contributed by atoms with Gasteiger partial charge in [0.1, 0.15) is 5.82 Å². The molecule has 1 aromatic heterocycles. The number of halogens is 1. The minimum atomic E-state index is -0.155. The molecule has 0 saturated carbocycles. The number of benzene rings is 1. The van der Waals surface area contributed by atoms with Crippen LogP contribution in [0.3, 0.4) is 0 Å². The van der Waals surface area contributed by atoms with Gasteiger partial charge in [0.2, 0.25) is 0 Å². The molecule has 0 spiro atoms. The molecule has 0 aliphatic rings. The van der Waals surface area contributed by atoms with Crippen molar-refractivity contribution >= 4 is 33.3 Å². The van der Waals surface area contributed by atoms with Gasteiger partial charge in [-0.25, -0.2) is 4.98 Å². The number of hydrogen-bond acceptors (Lipinski definition) is 4. The molecule has 0 aliphatic heterocycles. The molecule has 1 aromatic carbocycles. The fourth-order valence-electron chi connectivity index (χ4n) is 2.06. The summed E-state index contributed by atoms with van der Waals surface area (Å²) in [4.78, 5) is 16.6. The summed E-state index contributed by atoms with van der Waals surface area (Å²) >= 11 is 3.41. The smallest absolute Gasteiger partial charge is 0.255 e. The first-order chi connectivity index (χ1) is 11.1. The summed E-state index contributed by atoms with van der Waals surface area (Å²) in [6.07, 6.45) is 2.51. The molecule has 0 aliphatic carbocycles. The average Bonchev–Trinajstić information content (AvgIpc) is 2.54. The van der Waals surface area contributed by atoms with Gasteiger partial charge in [-0.2, -0.15) is 0 Å². The number of aromatic nitrogens is 1. The van der Waals surface area contributed by atoms with E-state index in [1.807, 2.05) is 25.1 Å². The number of ether oxygens (including phenoxy) is 1. The van der Waals surface area contributed by atoms with E-state index in [1.165, 1.54) is 0 Å². The topological polar surface area (TPSA) is 63.2 Å². The maximum atomic E-state index is 12.4. The van der Waals surface area contributed by atoms with Crippen LogP contribution < -0.4 is 10.6 Å². The molecule has 23 heavy (non-hydrogen) atoms. The third-order valence-corrected chi connectivity index (χ3v) is 3.78. The first kappa shape index (κ1) is 17.4. The molecule has 0 fully saturated rings. The largest absolute Gasteiger partial charge is 0.385 e. The van der Waals surface area contributed by atoms with Crippen LogP contribution in [-0.2, 0) is 4.74 Å². The second-order valence-corrected chi connectivity index (χ2v) is 6.03. The van der Waals surface area contributed by atoms with Crippen LogP contribution in [-0.4, -0.2) is 31.2 Å². The van der Waals surface area contributed by atoms with Crippen molar-refractivity contribution in [2.75, 3.05) is 30.9 Å². The predicted molar refractivity (Wildman–Crippen MR) is 96.1 cm³/mol. The highest BCUT2D eigenvalue weighted by Gasteiger charge is 2.09. The zero-order valence-electron chi connectivity index (χ0n) is 13.2. The third-order valence-electron chi connectivity index (χ3n) is 3.29. The molecule has 0 radical (unpaired) electrons. The lowest BCUT2D eigenvalue weighted by Crippen LogP contribution is -2.14. The molecule has 6 heteroatoms. The van der Waals surface area contributed by atoms with Gasteiger partial charge in [-0.05, 0) is 49.2 Å². The van der Waals surface area contributed by atoms with Gasteiger partial charge in [0.05, 0.1) is 0 Å². The molecule has 122 valence electrons. The summed E-state index contributed by atoms with van der Waals surface area (Å²) in [6, 6.07) is 9.19. The zero-order chi connectivity index (χ0) is 16.7. The fourth-order valence-corrected chi connectivity index (χ4v) is 2.54. The third kappa shape index (κ3) is 5.33. The Kier molecular flexibility index (Phi) is 6.55. The molecular weight excluding hydrogens is 358 g/mol. The second-order valence-electron chi connectivity index (χ2n) is 5.12. The number of nitrogens with zero attached hydrogens (tertiary/aromatic N) is 1. The lowest BCUT2D eigenvalue weighted by molar-refractivity contribution is 0.102. The molecule has 0 atom stereocenters. The van der Waals surface area contributed by atoms with Crippen LogP contribution in [0.15, 0.2) is 41.0 Å². The Bertz CT molecular complexity index is 677. The molecule has 0 saturated heterocycles. The summed E-state index contributed by atoms with van der Waals surface area (Å²) in [5.74, 6) is 0.527. The van der Waals surface area contributed by atoms with Crippen molar-refractivity contribution in [3.63, 3.8) is 0 Å². The molecule has 0 unspecified atom stereocenters. The van der Waals surface area contributed by atoms with Crippen molar-refractivity contribution in [2.45, 2.75) is 13.3 Å². The molecule has 1 heterocycles. The molecule has 2 N–H and O–H groups in total. The summed E-state index contributed by atoms with van der Waals surface area (Å²) in [5, 5.41) is 6.10. The van der Waals surface area contributed by atoms with Crippen LogP contribution in [0.1, 0.15) is 22.3 Å². The average molecular weight is 378 g/mol. The van der Waals surface area contributed by atoms with Gasteiger partial charge < -0.3 is 15.4 Å². The molecule has 0 bridgehead atoms. The van der Waals surface area contributed by atoms with Crippen LogP contribution in [0.25, 0.3) is 0 Å². The van der Waals surface area contributed by atoms with Crippen LogP contribution >= 0.6 is 15.9 Å². The van der Waals surface area contributed by atoms with Gasteiger partial charge in [0, 0.05) is 42.2 Å². The van der Waals surface area contributed by atoms with Gasteiger partial charge in [-0.15, -0.1) is 0 Å². The van der Waals surface area contributed by atoms with E-state index in [0.29, 0.717) is 18.0 Å². The highest BCUT2D eigenvalue weighted by Crippen LogP contribution is 2.21.